The molecule has 0 aliphatic rings. The van der Waals surface area contributed by atoms with Gasteiger partial charge in [0.1, 0.15) is 0 Å². The van der Waals surface area contributed by atoms with Crippen molar-refractivity contribution in [1.29, 1.82) is 5.26 Å². The minimum Gasteiger partial charge on any atom is -0.192 e. The predicted molar refractivity (Wildman–Crippen MR) is 72.0 cm³/mol. The zero-order valence-corrected chi connectivity index (χ0v) is 9.87. The molecule has 0 bridgehead atoms. The van der Waals surface area contributed by atoms with E-state index in [-0.39, 0.29) is 0 Å². The van der Waals surface area contributed by atoms with Crippen molar-refractivity contribution < 1.29 is 0 Å². The molecule has 2 aromatic carbocycles. The van der Waals surface area contributed by atoms with Crippen molar-refractivity contribution in [2.45, 2.75) is 0 Å². The highest BCUT2D eigenvalue weighted by molar-refractivity contribution is 7.15. The minimum atomic E-state index is 0.703. The molecule has 0 atom stereocenters. The summed E-state index contributed by atoms with van der Waals surface area (Å²) in [5, 5.41) is 13.5. The third-order valence-electron chi connectivity index (χ3n) is 2.79. The van der Waals surface area contributed by atoms with Crippen molar-refractivity contribution in [1.82, 2.24) is 0 Å². The lowest BCUT2D eigenvalue weighted by molar-refractivity contribution is 1.49. The van der Waals surface area contributed by atoms with Crippen molar-refractivity contribution in [3.8, 4) is 16.5 Å². The van der Waals surface area contributed by atoms with Crippen LogP contribution in [0.4, 0.5) is 0 Å². The Morgan fingerprint density at radius 1 is 0.941 bits per heavy atom. The van der Waals surface area contributed by atoms with Gasteiger partial charge in [0.15, 0.2) is 0 Å². The molecule has 0 unspecified atom stereocenters. The Bertz CT molecular complexity index is 702. The van der Waals surface area contributed by atoms with E-state index in [0.29, 0.717) is 5.56 Å². The van der Waals surface area contributed by atoms with Crippen LogP contribution >= 0.6 is 11.3 Å². The molecule has 0 N–H and O–H groups in total. The summed E-state index contributed by atoms with van der Waals surface area (Å²) < 4.78 is 0. The van der Waals surface area contributed by atoms with Crippen molar-refractivity contribution in [2.75, 3.05) is 0 Å². The first kappa shape index (κ1) is 10.1. The fraction of sp³-hybridized carbons (Fsp3) is 0. The van der Waals surface area contributed by atoms with Crippen LogP contribution in [0.25, 0.3) is 21.2 Å². The molecular weight excluding hydrogens is 226 g/mol. The third-order valence-corrected chi connectivity index (χ3v) is 3.85. The third kappa shape index (κ3) is 1.71. The first-order valence-electron chi connectivity index (χ1n) is 5.35. The maximum atomic E-state index is 8.78. The quantitative estimate of drug-likeness (QED) is 0.611. The van der Waals surface area contributed by atoms with Crippen LogP contribution in [0.5, 0.6) is 0 Å². The second-order valence-electron chi connectivity index (χ2n) is 3.84. The Labute approximate surface area is 104 Å². The molecule has 2 heteroatoms. The number of nitrogens with zero attached hydrogens (tertiary/aromatic N) is 1. The number of hydrogen-bond acceptors (Lipinski definition) is 2. The van der Waals surface area contributed by atoms with Gasteiger partial charge in [0.2, 0.25) is 0 Å². The average molecular weight is 235 g/mol. The molecule has 0 saturated carbocycles. The summed E-state index contributed by atoms with van der Waals surface area (Å²) in [6, 6.07) is 18.3. The van der Waals surface area contributed by atoms with E-state index in [4.69, 9.17) is 5.26 Å². The summed E-state index contributed by atoms with van der Waals surface area (Å²) in [5.74, 6) is 0. The van der Waals surface area contributed by atoms with E-state index in [2.05, 4.69) is 35.7 Å². The Balaban J connectivity index is 2.17. The summed E-state index contributed by atoms with van der Waals surface area (Å²) in [6.45, 7) is 0. The zero-order chi connectivity index (χ0) is 11.7. The van der Waals surface area contributed by atoms with E-state index < -0.39 is 0 Å². The molecule has 1 heterocycles. The molecule has 0 aliphatic carbocycles. The summed E-state index contributed by atoms with van der Waals surface area (Å²) >= 11 is 1.75. The van der Waals surface area contributed by atoms with E-state index in [1.54, 1.807) is 11.3 Å². The molecule has 80 valence electrons. The Morgan fingerprint density at radius 2 is 1.71 bits per heavy atom. The van der Waals surface area contributed by atoms with Crippen molar-refractivity contribution in [3.63, 3.8) is 0 Å². The molecule has 1 aromatic heterocycles. The maximum Gasteiger partial charge on any atom is 0.0991 e. The largest absolute Gasteiger partial charge is 0.192 e. The summed E-state index contributed by atoms with van der Waals surface area (Å²) in [5.41, 5.74) is 1.88. The molecule has 17 heavy (non-hydrogen) atoms. The monoisotopic (exact) mass is 235 g/mol. The summed E-state index contributed by atoms with van der Waals surface area (Å²) in [6.07, 6.45) is 0. The number of thiophene rings is 1. The molecule has 0 saturated heterocycles. The predicted octanol–water partition coefficient (Wildman–Crippen LogP) is 4.44. The highest BCUT2D eigenvalue weighted by Crippen LogP contribution is 2.34. The highest BCUT2D eigenvalue weighted by Gasteiger charge is 2.05. The van der Waals surface area contributed by atoms with Gasteiger partial charge in [0.25, 0.3) is 0 Å². The molecule has 1 nitrogen and oxygen atoms in total. The van der Waals surface area contributed by atoms with Crippen LogP contribution in [0.3, 0.4) is 0 Å². The number of benzene rings is 2. The van der Waals surface area contributed by atoms with Gasteiger partial charge in [-0.25, -0.2) is 0 Å². The van der Waals surface area contributed by atoms with Gasteiger partial charge in [-0.05, 0) is 28.5 Å². The molecule has 0 spiro atoms. The molecule has 0 amide bonds. The minimum absolute atomic E-state index is 0.703. The van der Waals surface area contributed by atoms with Crippen LogP contribution < -0.4 is 0 Å². The maximum absolute atomic E-state index is 8.78. The smallest absolute Gasteiger partial charge is 0.0991 e. The molecule has 0 fully saturated rings. The second kappa shape index (κ2) is 4.04. The van der Waals surface area contributed by atoms with Gasteiger partial charge in [0.05, 0.1) is 11.6 Å². The van der Waals surface area contributed by atoms with Crippen LogP contribution in [-0.2, 0) is 0 Å². The van der Waals surface area contributed by atoms with Gasteiger partial charge >= 0.3 is 0 Å². The number of nitriles is 1. The molecule has 3 aromatic rings. The van der Waals surface area contributed by atoms with E-state index in [9.17, 15) is 0 Å². The van der Waals surface area contributed by atoms with Gasteiger partial charge in [-0.15, -0.1) is 11.3 Å². The Morgan fingerprint density at radius 3 is 2.47 bits per heavy atom. The van der Waals surface area contributed by atoms with Crippen LogP contribution in [0.1, 0.15) is 5.56 Å². The topological polar surface area (TPSA) is 23.8 Å². The lowest BCUT2D eigenvalue weighted by atomic mass is 10.1. The van der Waals surface area contributed by atoms with Gasteiger partial charge in [0, 0.05) is 10.3 Å². The molecular formula is C15H9NS. The van der Waals surface area contributed by atoms with E-state index >= 15 is 0 Å². The number of rotatable bonds is 1. The molecule has 3 rings (SSSR count). The first-order chi connectivity index (χ1) is 8.38. The van der Waals surface area contributed by atoms with Gasteiger partial charge in [-0.3, -0.25) is 0 Å². The zero-order valence-electron chi connectivity index (χ0n) is 9.05. The summed E-state index contributed by atoms with van der Waals surface area (Å²) in [7, 11) is 0. The fourth-order valence-corrected chi connectivity index (χ4v) is 2.95. The Kier molecular flexibility index (Phi) is 2.40. The van der Waals surface area contributed by atoms with Crippen LogP contribution in [-0.4, -0.2) is 0 Å². The second-order valence-corrected chi connectivity index (χ2v) is 4.72. The van der Waals surface area contributed by atoms with Gasteiger partial charge < -0.3 is 0 Å². The number of fused-ring (bicyclic) bond motifs is 1. The Hall–Kier alpha value is -2.11. The first-order valence-corrected chi connectivity index (χ1v) is 6.23. The van der Waals surface area contributed by atoms with Crippen LogP contribution in [0, 0.1) is 11.3 Å². The van der Waals surface area contributed by atoms with Crippen molar-refractivity contribution in [2.24, 2.45) is 0 Å². The van der Waals surface area contributed by atoms with Gasteiger partial charge in [-0.2, -0.15) is 5.26 Å². The SMILES string of the molecule is N#Cc1ccc(-c2scc3ccccc23)cc1. The lowest BCUT2D eigenvalue weighted by Crippen LogP contribution is -1.76. The summed E-state index contributed by atoms with van der Waals surface area (Å²) in [4.78, 5) is 1.27. The average Bonchev–Trinajstić information content (AvgIpc) is 2.83. The van der Waals surface area contributed by atoms with Crippen molar-refractivity contribution in [3.05, 3.63) is 59.5 Å². The van der Waals surface area contributed by atoms with E-state index in [1.807, 2.05) is 24.3 Å². The molecule has 0 radical (unpaired) electrons. The fourth-order valence-electron chi connectivity index (χ4n) is 1.91. The van der Waals surface area contributed by atoms with E-state index in [1.165, 1.54) is 21.2 Å². The molecule has 0 aliphatic heterocycles. The standard InChI is InChI=1S/C15H9NS/c16-9-11-5-7-12(8-6-11)15-14-4-2-1-3-13(14)10-17-15/h1-8,10H. The van der Waals surface area contributed by atoms with Gasteiger partial charge in [-0.1, -0.05) is 36.4 Å². The highest BCUT2D eigenvalue weighted by atomic mass is 32.1. The van der Waals surface area contributed by atoms with E-state index in [0.717, 1.165) is 0 Å². The van der Waals surface area contributed by atoms with Crippen LogP contribution in [0.15, 0.2) is 53.9 Å². The lowest BCUT2D eigenvalue weighted by Gasteiger charge is -1.99. The van der Waals surface area contributed by atoms with Crippen molar-refractivity contribution >= 4 is 22.1 Å². The van der Waals surface area contributed by atoms with Crippen LogP contribution in [0.2, 0.25) is 0 Å². The normalized spacial score (nSPS) is 10.3. The number of hydrogen-bond donors (Lipinski definition) is 0.